The van der Waals surface area contributed by atoms with Crippen LogP contribution in [0.4, 0.5) is 0 Å². The van der Waals surface area contributed by atoms with E-state index in [1.807, 2.05) is 21.1 Å². The zero-order valence-electron chi connectivity index (χ0n) is 37.8. The van der Waals surface area contributed by atoms with Crippen molar-refractivity contribution in [2.45, 2.75) is 168 Å². The number of esters is 1. The average molecular weight is 833 g/mol. The fourth-order valence-corrected chi connectivity index (χ4v) is 6.41. The molecule has 0 aromatic rings. The van der Waals surface area contributed by atoms with Crippen molar-refractivity contribution in [2.75, 3.05) is 54.1 Å². The number of unbranched alkanes of at least 4 members (excludes halogenated alkanes) is 13. The number of phosphoric acid groups is 1. The van der Waals surface area contributed by atoms with Gasteiger partial charge in [-0.3, -0.25) is 13.8 Å². The Morgan fingerprint density at radius 2 is 1.00 bits per heavy atom. The van der Waals surface area contributed by atoms with Gasteiger partial charge in [0.25, 0.3) is 0 Å². The first-order chi connectivity index (χ1) is 28.1. The molecule has 0 fully saturated rings. The third-order valence-corrected chi connectivity index (χ3v) is 10.2. The van der Waals surface area contributed by atoms with Gasteiger partial charge in [0.2, 0.25) is 0 Å². The van der Waals surface area contributed by atoms with Gasteiger partial charge < -0.3 is 18.9 Å². The van der Waals surface area contributed by atoms with Crippen LogP contribution in [0.5, 0.6) is 0 Å². The first-order valence-corrected chi connectivity index (χ1v) is 24.3. The second kappa shape index (κ2) is 41.4. The Bertz CT molecular complexity index is 1200. The Morgan fingerprint density at radius 1 is 0.552 bits per heavy atom. The van der Waals surface area contributed by atoms with Crippen molar-refractivity contribution in [3.05, 3.63) is 85.1 Å². The Kier molecular flexibility index (Phi) is 39.8. The minimum atomic E-state index is -4.29. The molecule has 0 amide bonds. The van der Waals surface area contributed by atoms with E-state index in [-0.39, 0.29) is 32.2 Å². The molecule has 0 heterocycles. The highest BCUT2D eigenvalue weighted by molar-refractivity contribution is 7.47. The monoisotopic (exact) mass is 833 g/mol. The third-order valence-electron chi connectivity index (χ3n) is 9.19. The first-order valence-electron chi connectivity index (χ1n) is 22.8. The lowest BCUT2D eigenvalue weighted by Gasteiger charge is -2.24. The van der Waals surface area contributed by atoms with E-state index < -0.39 is 13.9 Å². The van der Waals surface area contributed by atoms with Gasteiger partial charge in [-0.2, -0.15) is 0 Å². The van der Waals surface area contributed by atoms with Crippen LogP contribution in [0.2, 0.25) is 0 Å². The summed E-state index contributed by atoms with van der Waals surface area (Å²) in [5.74, 6) is -0.361. The molecule has 1 N–H and O–H groups in total. The number of nitrogens with zero attached hydrogens (tertiary/aromatic N) is 1. The first kappa shape index (κ1) is 55.7. The molecular weight excluding hydrogens is 746 g/mol. The number of carbonyl (C=O) groups excluding carboxylic acids is 1. The van der Waals surface area contributed by atoms with Crippen LogP contribution in [-0.4, -0.2) is 75.6 Å². The molecule has 0 aliphatic rings. The van der Waals surface area contributed by atoms with Crippen molar-refractivity contribution in [1.82, 2.24) is 0 Å². The molecule has 0 radical (unpaired) electrons. The van der Waals surface area contributed by atoms with Crippen LogP contribution in [0.1, 0.15) is 162 Å². The number of hydrogen-bond acceptors (Lipinski definition) is 6. The van der Waals surface area contributed by atoms with E-state index in [4.69, 9.17) is 18.5 Å². The van der Waals surface area contributed by atoms with Crippen molar-refractivity contribution >= 4 is 13.8 Å². The molecule has 8 nitrogen and oxygen atoms in total. The van der Waals surface area contributed by atoms with Gasteiger partial charge in [-0.1, -0.05) is 150 Å². The van der Waals surface area contributed by atoms with Crippen molar-refractivity contribution in [2.24, 2.45) is 0 Å². The van der Waals surface area contributed by atoms with Crippen LogP contribution >= 0.6 is 7.82 Å². The lowest BCUT2D eigenvalue weighted by Crippen LogP contribution is -2.37. The van der Waals surface area contributed by atoms with E-state index in [0.29, 0.717) is 24.1 Å². The predicted octanol–water partition coefficient (Wildman–Crippen LogP) is 13.7. The molecule has 334 valence electrons. The quantitative estimate of drug-likeness (QED) is 0.0216. The molecule has 0 aliphatic heterocycles. The SMILES string of the molecule is CC/C=C\C/C=C\C/C=C\C/C=C\C/C=C\C/C=C\CCCCC(=O)OC(COCCCCCCCC/C=C\CCCCCCC)COP(=O)(O)OCC[N+](C)(C)C. The zero-order valence-corrected chi connectivity index (χ0v) is 38.6. The van der Waals surface area contributed by atoms with Crippen LogP contribution in [0, 0.1) is 0 Å². The van der Waals surface area contributed by atoms with Gasteiger partial charge in [-0.05, 0) is 89.9 Å². The molecule has 2 atom stereocenters. The molecule has 0 rings (SSSR count). The molecule has 2 unspecified atom stereocenters. The van der Waals surface area contributed by atoms with Gasteiger partial charge in [0, 0.05) is 13.0 Å². The molecule has 0 bridgehead atoms. The van der Waals surface area contributed by atoms with Crippen LogP contribution in [0.15, 0.2) is 85.1 Å². The molecule has 0 aliphatic carbocycles. The second-order valence-electron chi connectivity index (χ2n) is 16.0. The zero-order chi connectivity index (χ0) is 42.7. The molecule has 0 aromatic carbocycles. The van der Waals surface area contributed by atoms with Crippen LogP contribution in [0.25, 0.3) is 0 Å². The van der Waals surface area contributed by atoms with Gasteiger partial charge >= 0.3 is 13.8 Å². The molecule has 58 heavy (non-hydrogen) atoms. The maximum Gasteiger partial charge on any atom is 0.472 e. The number of rotatable bonds is 41. The summed E-state index contributed by atoms with van der Waals surface area (Å²) in [6.07, 6.45) is 54.8. The summed E-state index contributed by atoms with van der Waals surface area (Å²) in [5, 5.41) is 0. The smallest absolute Gasteiger partial charge is 0.457 e. The van der Waals surface area contributed by atoms with Crippen molar-refractivity contribution < 1.29 is 37.3 Å². The van der Waals surface area contributed by atoms with Crippen molar-refractivity contribution in [3.8, 4) is 0 Å². The van der Waals surface area contributed by atoms with Gasteiger partial charge in [-0.15, -0.1) is 0 Å². The number of phosphoric ester groups is 1. The summed E-state index contributed by atoms with van der Waals surface area (Å²) in [4.78, 5) is 22.9. The van der Waals surface area contributed by atoms with E-state index in [1.165, 1.54) is 70.6 Å². The summed E-state index contributed by atoms with van der Waals surface area (Å²) in [5.41, 5.74) is 0. The number of likely N-dealkylation sites (N-methyl/N-ethyl adjacent to an activating group) is 1. The van der Waals surface area contributed by atoms with Gasteiger partial charge in [0.1, 0.15) is 19.3 Å². The molecule has 0 saturated heterocycles. The standard InChI is InChI=1S/C49H86NO7P/c1-6-8-10-12-14-16-18-20-22-23-24-25-26-27-28-30-32-34-36-38-40-42-49(51)57-48(47-56-58(52,53)55-45-43-50(3,4)5)46-54-44-41-39-37-35-33-31-29-21-19-17-15-13-11-9-7-2/h8,10,14,16,19-22,24-25,27-28,32,34,48H,6-7,9,11-13,15,17-18,23,26,29-31,33,35-47H2,1-5H3/p+1/b10-8-,16-14-,21-19-,22-20-,25-24-,28-27-,34-32-. The fraction of sp³-hybridized carbons (Fsp3) is 0.694. The maximum atomic E-state index is 12.7. The average Bonchev–Trinajstić information content (AvgIpc) is 3.18. The molecule has 0 saturated carbocycles. The highest BCUT2D eigenvalue weighted by Gasteiger charge is 2.26. The lowest BCUT2D eigenvalue weighted by molar-refractivity contribution is -0.870. The minimum absolute atomic E-state index is 0.0743. The summed E-state index contributed by atoms with van der Waals surface area (Å²) < 4.78 is 35.0. The van der Waals surface area contributed by atoms with Crippen LogP contribution < -0.4 is 0 Å². The maximum absolute atomic E-state index is 12.7. The van der Waals surface area contributed by atoms with Gasteiger partial charge in [0.15, 0.2) is 0 Å². The van der Waals surface area contributed by atoms with E-state index in [9.17, 15) is 14.3 Å². The van der Waals surface area contributed by atoms with Crippen LogP contribution in [0.3, 0.4) is 0 Å². The summed E-state index contributed by atoms with van der Waals surface area (Å²) in [7, 11) is 1.62. The Balaban J connectivity index is 4.34. The van der Waals surface area contributed by atoms with E-state index in [0.717, 1.165) is 64.2 Å². The Labute approximate surface area is 356 Å². The Morgan fingerprint density at radius 3 is 1.52 bits per heavy atom. The second-order valence-corrected chi connectivity index (χ2v) is 17.5. The van der Waals surface area contributed by atoms with E-state index in [1.54, 1.807) is 0 Å². The van der Waals surface area contributed by atoms with Crippen molar-refractivity contribution in [1.29, 1.82) is 0 Å². The molecule has 0 aromatic heterocycles. The van der Waals surface area contributed by atoms with Gasteiger partial charge in [-0.25, -0.2) is 4.57 Å². The highest BCUT2D eigenvalue weighted by atomic mass is 31.2. The molecular formula is C49H87NO7P+. The number of quaternary nitrogens is 1. The minimum Gasteiger partial charge on any atom is -0.457 e. The van der Waals surface area contributed by atoms with Gasteiger partial charge in [0.05, 0.1) is 34.4 Å². The normalized spacial score (nSPS) is 14.5. The number of allylic oxidation sites excluding steroid dienone is 14. The fourth-order valence-electron chi connectivity index (χ4n) is 5.67. The largest absolute Gasteiger partial charge is 0.472 e. The topological polar surface area (TPSA) is 91.3 Å². The third kappa shape index (κ3) is 44.8. The summed E-state index contributed by atoms with van der Waals surface area (Å²) in [6.45, 7) is 5.40. The molecule has 0 spiro atoms. The highest BCUT2D eigenvalue weighted by Crippen LogP contribution is 2.43. The lowest BCUT2D eigenvalue weighted by atomic mass is 10.1. The summed E-state index contributed by atoms with van der Waals surface area (Å²) >= 11 is 0. The summed E-state index contributed by atoms with van der Waals surface area (Å²) in [6, 6.07) is 0. The molecule has 9 heteroatoms. The number of carbonyl (C=O) groups is 1. The van der Waals surface area contributed by atoms with Crippen LogP contribution in [-0.2, 0) is 27.9 Å². The number of hydrogen-bond donors (Lipinski definition) is 1. The van der Waals surface area contributed by atoms with Crippen molar-refractivity contribution in [3.63, 3.8) is 0 Å². The number of ether oxygens (including phenoxy) is 2. The van der Waals surface area contributed by atoms with E-state index >= 15 is 0 Å². The predicted molar refractivity (Wildman–Crippen MR) is 247 cm³/mol. The Hall–Kier alpha value is -2.32. The van der Waals surface area contributed by atoms with E-state index in [2.05, 4.69) is 98.9 Å².